The van der Waals surface area contributed by atoms with E-state index in [1.165, 1.54) is 6.92 Å². The van der Waals surface area contributed by atoms with Gasteiger partial charge in [0.15, 0.2) is 0 Å². The van der Waals surface area contributed by atoms with Crippen molar-refractivity contribution < 1.29 is 35.1 Å². The fraction of sp³-hybridized carbons (Fsp3) is 0.600. The zero-order chi connectivity index (χ0) is 11.2. The third-order valence-electron chi connectivity index (χ3n) is 0.794. The number of hydrogen-bond donors (Lipinski definition) is 6. The molecular weight excluding hydrogens is 186 g/mol. The molecule has 0 rings (SSSR count). The predicted octanol–water partition coefficient (Wildman–Crippen LogP) is -2.88. The maximum Gasteiger partial charge on any atom is 0.414 e. The lowest BCUT2D eigenvalue weighted by Gasteiger charge is -2.16. The zero-order valence-electron chi connectivity index (χ0n) is 6.71. The molecule has 0 aromatic heterocycles. The smallest absolute Gasteiger partial charge is 0.414 e. The lowest BCUT2D eigenvalue weighted by molar-refractivity contribution is -0.320. The Bertz CT molecular complexity index is 170. The average Bonchev–Trinajstić information content (AvgIpc) is 1.86. The van der Waals surface area contributed by atoms with Gasteiger partial charge in [-0.15, -0.1) is 0 Å². The first-order chi connectivity index (χ1) is 5.59. The molecule has 0 aromatic rings. The zero-order valence-corrected chi connectivity index (χ0v) is 6.71. The third-order valence-corrected chi connectivity index (χ3v) is 0.794. The maximum absolute atomic E-state index is 9.10. The van der Waals surface area contributed by atoms with E-state index in [4.69, 9.17) is 40.9 Å². The molecule has 0 saturated heterocycles. The van der Waals surface area contributed by atoms with Crippen molar-refractivity contribution in [1.29, 1.82) is 0 Å². The van der Waals surface area contributed by atoms with E-state index >= 15 is 0 Å². The van der Waals surface area contributed by atoms with Gasteiger partial charge in [-0.25, -0.2) is 9.59 Å². The molecule has 13 heavy (non-hydrogen) atoms. The molecule has 0 aliphatic rings. The van der Waals surface area contributed by atoms with Crippen molar-refractivity contribution in [3.63, 3.8) is 0 Å². The molecule has 0 radical (unpaired) electrons. The number of aliphatic carboxylic acids is 2. The first-order valence-electron chi connectivity index (χ1n) is 2.98. The van der Waals surface area contributed by atoms with Crippen LogP contribution in [0.5, 0.6) is 0 Å². The van der Waals surface area contributed by atoms with Crippen molar-refractivity contribution in [2.75, 3.05) is 0 Å². The van der Waals surface area contributed by atoms with Crippen molar-refractivity contribution in [2.24, 2.45) is 5.73 Å². The summed E-state index contributed by atoms with van der Waals surface area (Å²) in [5.41, 5.74) is 4.82. The van der Waals surface area contributed by atoms with Gasteiger partial charge in [-0.2, -0.15) is 0 Å². The number of nitrogens with two attached hydrogens (primary N) is 1. The van der Waals surface area contributed by atoms with E-state index in [2.05, 4.69) is 0 Å². The van der Waals surface area contributed by atoms with Gasteiger partial charge >= 0.3 is 11.9 Å². The minimum absolute atomic E-state index is 1.03. The molecule has 8 nitrogen and oxygen atoms in total. The second kappa shape index (κ2) is 5.43. The van der Waals surface area contributed by atoms with Crippen LogP contribution in [0.4, 0.5) is 0 Å². The number of rotatable bonds is 1. The Morgan fingerprint density at radius 3 is 1.31 bits per heavy atom. The summed E-state index contributed by atoms with van der Waals surface area (Å²) in [6, 6.07) is -1.03. The second-order valence-electron chi connectivity index (χ2n) is 2.09. The van der Waals surface area contributed by atoms with Crippen molar-refractivity contribution in [1.82, 2.24) is 0 Å². The van der Waals surface area contributed by atoms with Gasteiger partial charge in [-0.3, -0.25) is 0 Å². The minimum atomic E-state index is -2.72. The van der Waals surface area contributed by atoms with E-state index in [1.54, 1.807) is 0 Å². The molecule has 0 aliphatic heterocycles. The van der Waals surface area contributed by atoms with Crippen LogP contribution in [0, 0.1) is 0 Å². The number of aliphatic hydroxyl groups is 3. The van der Waals surface area contributed by atoms with Crippen LogP contribution in [0.2, 0.25) is 0 Å². The highest BCUT2D eigenvalue weighted by atomic mass is 16.7. The summed E-state index contributed by atoms with van der Waals surface area (Å²) in [6.07, 6.45) is 0. The molecule has 0 saturated carbocycles. The molecule has 0 fully saturated rings. The van der Waals surface area contributed by atoms with Crippen LogP contribution in [0.25, 0.3) is 0 Å². The van der Waals surface area contributed by atoms with Crippen LogP contribution in [-0.2, 0) is 9.59 Å². The average molecular weight is 197 g/mol. The quantitative estimate of drug-likeness (QED) is 0.193. The normalized spacial score (nSPS) is 12.4. The van der Waals surface area contributed by atoms with Crippen LogP contribution in [0.1, 0.15) is 6.92 Å². The Labute approximate surface area is 72.8 Å². The molecule has 0 aliphatic carbocycles. The summed E-state index contributed by atoms with van der Waals surface area (Å²) in [6.45, 7) is 1.28. The van der Waals surface area contributed by atoms with Gasteiger partial charge in [0.1, 0.15) is 0 Å². The fourth-order valence-corrected chi connectivity index (χ4v) is 0. The van der Waals surface area contributed by atoms with E-state index in [1.807, 2.05) is 0 Å². The summed E-state index contributed by atoms with van der Waals surface area (Å²) in [7, 11) is 0. The Morgan fingerprint density at radius 1 is 1.15 bits per heavy atom. The van der Waals surface area contributed by atoms with Crippen LogP contribution < -0.4 is 5.73 Å². The number of carbonyl (C=O) groups is 2. The Morgan fingerprint density at radius 2 is 1.31 bits per heavy atom. The SMILES string of the molecule is CC(N)C(O)(O)O.O=C(O)C(=O)O. The molecule has 1 atom stereocenters. The number of carboxylic acids is 2. The highest BCUT2D eigenvalue weighted by molar-refractivity contribution is 6.27. The second-order valence-corrected chi connectivity index (χ2v) is 2.09. The van der Waals surface area contributed by atoms with Gasteiger partial charge < -0.3 is 31.3 Å². The molecule has 1 unspecified atom stereocenters. The van der Waals surface area contributed by atoms with Gasteiger partial charge in [0.05, 0.1) is 6.04 Å². The molecule has 0 bridgehead atoms. The van der Waals surface area contributed by atoms with Crippen molar-refractivity contribution >= 4 is 11.9 Å². The van der Waals surface area contributed by atoms with Gasteiger partial charge in [0.2, 0.25) is 0 Å². The van der Waals surface area contributed by atoms with Gasteiger partial charge in [0.25, 0.3) is 5.97 Å². The Hall–Kier alpha value is -1.22. The largest absolute Gasteiger partial charge is 0.473 e. The lowest BCUT2D eigenvalue weighted by Crippen LogP contribution is -2.45. The first-order valence-corrected chi connectivity index (χ1v) is 2.98. The topological polar surface area (TPSA) is 161 Å². The van der Waals surface area contributed by atoms with Crippen LogP contribution in [0.15, 0.2) is 0 Å². The fourth-order valence-electron chi connectivity index (χ4n) is 0. The molecule has 8 heteroatoms. The monoisotopic (exact) mass is 197 g/mol. The molecular formula is C5H11NO7. The minimum Gasteiger partial charge on any atom is -0.473 e. The molecule has 7 N–H and O–H groups in total. The summed E-state index contributed by atoms with van der Waals surface area (Å²) in [5, 5.41) is 39.0. The van der Waals surface area contributed by atoms with Crippen LogP contribution in [0.3, 0.4) is 0 Å². The van der Waals surface area contributed by atoms with Gasteiger partial charge in [-0.1, -0.05) is 0 Å². The van der Waals surface area contributed by atoms with Crippen molar-refractivity contribution in [3.05, 3.63) is 0 Å². The van der Waals surface area contributed by atoms with Crippen molar-refractivity contribution in [2.45, 2.75) is 18.9 Å². The summed E-state index contributed by atoms with van der Waals surface area (Å²) in [5.74, 6) is -6.37. The van der Waals surface area contributed by atoms with E-state index in [0.29, 0.717) is 0 Å². The number of hydrogen-bond acceptors (Lipinski definition) is 6. The van der Waals surface area contributed by atoms with Gasteiger partial charge in [0, 0.05) is 0 Å². The highest BCUT2D eigenvalue weighted by Gasteiger charge is 2.23. The maximum atomic E-state index is 9.10. The third kappa shape index (κ3) is 10.8. The lowest BCUT2D eigenvalue weighted by atomic mass is 10.3. The van der Waals surface area contributed by atoms with Crippen molar-refractivity contribution in [3.8, 4) is 0 Å². The Balaban J connectivity index is 0. The summed E-state index contributed by atoms with van der Waals surface area (Å²) >= 11 is 0. The molecule has 0 aromatic carbocycles. The summed E-state index contributed by atoms with van der Waals surface area (Å²) in [4.78, 5) is 18.2. The molecule has 0 spiro atoms. The summed E-state index contributed by atoms with van der Waals surface area (Å²) < 4.78 is 0. The standard InChI is InChI=1S/C3H9NO3.C2H2O4/c1-2(4)3(5,6)7;3-1(4)2(5)6/h2,5-7H,4H2,1H3;(H,3,4)(H,5,6). The Kier molecular flexibility index (Phi) is 5.98. The molecule has 0 heterocycles. The molecule has 78 valence electrons. The van der Waals surface area contributed by atoms with E-state index in [0.717, 1.165) is 0 Å². The first kappa shape index (κ1) is 14.3. The highest BCUT2D eigenvalue weighted by Crippen LogP contribution is 1.94. The van der Waals surface area contributed by atoms with E-state index in [-0.39, 0.29) is 0 Å². The van der Waals surface area contributed by atoms with E-state index in [9.17, 15) is 0 Å². The predicted molar refractivity (Wildman–Crippen MR) is 38.3 cm³/mol. The van der Waals surface area contributed by atoms with Crippen LogP contribution in [-0.4, -0.2) is 49.5 Å². The number of carboxylic acid groups (broad SMARTS) is 2. The van der Waals surface area contributed by atoms with Crippen LogP contribution >= 0.6 is 0 Å². The molecule has 0 amide bonds. The van der Waals surface area contributed by atoms with Gasteiger partial charge in [-0.05, 0) is 6.92 Å². The van der Waals surface area contributed by atoms with E-state index < -0.39 is 24.0 Å².